The Balaban J connectivity index is 1.81. The Kier molecular flexibility index (Phi) is 6.63. The van der Waals surface area contributed by atoms with Gasteiger partial charge in [0.1, 0.15) is 18.1 Å². The number of benzene rings is 2. The average molecular weight is 349 g/mol. The Labute approximate surface area is 143 Å². The van der Waals surface area contributed by atoms with Crippen LogP contribution in [0.25, 0.3) is 0 Å². The van der Waals surface area contributed by atoms with Gasteiger partial charge in [0, 0.05) is 6.54 Å². The molecule has 24 heavy (non-hydrogen) atoms. The molecule has 130 valence electrons. The number of hydrogen-bond acceptors (Lipinski definition) is 4. The molecule has 0 heterocycles. The van der Waals surface area contributed by atoms with Gasteiger partial charge in [0.05, 0.1) is 11.5 Å². The molecule has 6 heteroatoms. The van der Waals surface area contributed by atoms with Crippen LogP contribution in [0.5, 0.6) is 11.5 Å². The van der Waals surface area contributed by atoms with Gasteiger partial charge in [0.2, 0.25) is 10.0 Å². The third-order valence-corrected chi connectivity index (χ3v) is 4.92. The number of ether oxygens (including phenoxy) is 2. The topological polar surface area (TPSA) is 64.6 Å². The third-order valence-electron chi connectivity index (χ3n) is 3.44. The quantitative estimate of drug-likeness (QED) is 0.707. The highest BCUT2D eigenvalue weighted by Gasteiger charge is 2.12. The lowest BCUT2D eigenvalue weighted by atomic mass is 10.2. The number of aryl methyl sites for hydroxylation is 1. The second kappa shape index (κ2) is 8.70. The molecular weight excluding hydrogens is 326 g/mol. The van der Waals surface area contributed by atoms with E-state index in [-0.39, 0.29) is 18.0 Å². The zero-order chi connectivity index (χ0) is 17.4. The molecule has 0 aliphatic heterocycles. The monoisotopic (exact) mass is 349 g/mol. The SMILES string of the molecule is CCOc1ccc(OCCNS(=O)(=O)c2ccc(CC)cc2)cc1. The molecule has 1 N–H and O–H groups in total. The van der Waals surface area contributed by atoms with Crippen LogP contribution in [0.2, 0.25) is 0 Å². The van der Waals surface area contributed by atoms with Crippen LogP contribution in [-0.2, 0) is 16.4 Å². The molecular formula is C18H23NO4S. The summed E-state index contributed by atoms with van der Waals surface area (Å²) in [6.07, 6.45) is 0.879. The van der Waals surface area contributed by atoms with E-state index in [2.05, 4.69) is 4.72 Å². The van der Waals surface area contributed by atoms with Gasteiger partial charge < -0.3 is 9.47 Å². The molecule has 0 saturated heterocycles. The van der Waals surface area contributed by atoms with Crippen molar-refractivity contribution in [1.29, 1.82) is 0 Å². The molecule has 0 unspecified atom stereocenters. The lowest BCUT2D eigenvalue weighted by molar-refractivity contribution is 0.319. The zero-order valence-corrected chi connectivity index (χ0v) is 14.8. The minimum Gasteiger partial charge on any atom is -0.494 e. The number of sulfonamides is 1. The van der Waals surface area contributed by atoms with E-state index in [9.17, 15) is 8.42 Å². The van der Waals surface area contributed by atoms with Gasteiger partial charge >= 0.3 is 0 Å². The van der Waals surface area contributed by atoms with E-state index in [1.807, 2.05) is 38.1 Å². The predicted octanol–water partition coefficient (Wildman–Crippen LogP) is 3.01. The number of rotatable bonds is 9. The summed E-state index contributed by atoms with van der Waals surface area (Å²) < 4.78 is 37.8. The van der Waals surface area contributed by atoms with Crippen molar-refractivity contribution in [1.82, 2.24) is 4.72 Å². The zero-order valence-electron chi connectivity index (χ0n) is 14.0. The molecule has 0 saturated carbocycles. The highest BCUT2D eigenvalue weighted by atomic mass is 32.2. The first kappa shape index (κ1) is 18.3. The summed E-state index contributed by atoms with van der Waals surface area (Å²) in [4.78, 5) is 0.265. The highest BCUT2D eigenvalue weighted by Crippen LogP contribution is 2.17. The van der Waals surface area contributed by atoms with Gasteiger partial charge in [-0.1, -0.05) is 19.1 Å². The summed E-state index contributed by atoms with van der Waals surface area (Å²) in [5.41, 5.74) is 1.10. The van der Waals surface area contributed by atoms with Crippen LogP contribution in [0, 0.1) is 0 Å². The molecule has 0 fully saturated rings. The molecule has 0 aliphatic carbocycles. The van der Waals surface area contributed by atoms with Gasteiger partial charge in [-0.05, 0) is 55.3 Å². The maximum absolute atomic E-state index is 12.2. The molecule has 2 aromatic carbocycles. The van der Waals surface area contributed by atoms with Crippen molar-refractivity contribution >= 4 is 10.0 Å². The predicted molar refractivity (Wildman–Crippen MR) is 94.1 cm³/mol. The molecule has 0 aromatic heterocycles. The molecule has 0 amide bonds. The van der Waals surface area contributed by atoms with Crippen molar-refractivity contribution in [3.8, 4) is 11.5 Å². The van der Waals surface area contributed by atoms with Crippen LogP contribution in [0.15, 0.2) is 53.4 Å². The summed E-state index contributed by atoms with van der Waals surface area (Å²) in [7, 11) is -3.50. The van der Waals surface area contributed by atoms with Gasteiger partial charge in [-0.3, -0.25) is 0 Å². The molecule has 0 bridgehead atoms. The molecule has 2 aromatic rings. The number of hydrogen-bond donors (Lipinski definition) is 1. The van der Waals surface area contributed by atoms with Gasteiger partial charge in [-0.15, -0.1) is 0 Å². The molecule has 0 atom stereocenters. The van der Waals surface area contributed by atoms with Crippen LogP contribution in [0.3, 0.4) is 0 Å². The first-order valence-electron chi connectivity index (χ1n) is 7.99. The Morgan fingerprint density at radius 1 is 0.875 bits per heavy atom. The first-order valence-corrected chi connectivity index (χ1v) is 9.47. The molecule has 5 nitrogen and oxygen atoms in total. The summed E-state index contributed by atoms with van der Waals surface area (Å²) in [6.45, 7) is 5.01. The second-order valence-electron chi connectivity index (χ2n) is 5.15. The largest absolute Gasteiger partial charge is 0.494 e. The fourth-order valence-electron chi connectivity index (χ4n) is 2.13. The fourth-order valence-corrected chi connectivity index (χ4v) is 3.14. The van der Waals surface area contributed by atoms with E-state index in [1.54, 1.807) is 24.3 Å². The summed E-state index contributed by atoms with van der Waals surface area (Å²) in [6, 6.07) is 14.1. The van der Waals surface area contributed by atoms with E-state index < -0.39 is 10.0 Å². The van der Waals surface area contributed by atoms with Crippen molar-refractivity contribution in [3.63, 3.8) is 0 Å². The Hall–Kier alpha value is -2.05. The lowest BCUT2D eigenvalue weighted by Gasteiger charge is -2.09. The second-order valence-corrected chi connectivity index (χ2v) is 6.92. The molecule has 0 radical (unpaired) electrons. The normalized spacial score (nSPS) is 11.2. The fraction of sp³-hybridized carbons (Fsp3) is 0.333. The van der Waals surface area contributed by atoms with Crippen molar-refractivity contribution in [2.45, 2.75) is 25.2 Å². The van der Waals surface area contributed by atoms with Crippen LogP contribution in [0.1, 0.15) is 19.4 Å². The third kappa shape index (κ3) is 5.25. The van der Waals surface area contributed by atoms with E-state index in [0.717, 1.165) is 17.7 Å². The van der Waals surface area contributed by atoms with Crippen LogP contribution in [0.4, 0.5) is 0 Å². The van der Waals surface area contributed by atoms with E-state index >= 15 is 0 Å². The highest BCUT2D eigenvalue weighted by molar-refractivity contribution is 7.89. The van der Waals surface area contributed by atoms with Crippen molar-refractivity contribution in [3.05, 3.63) is 54.1 Å². The van der Waals surface area contributed by atoms with Crippen molar-refractivity contribution in [2.24, 2.45) is 0 Å². The smallest absolute Gasteiger partial charge is 0.240 e. The minimum atomic E-state index is -3.50. The molecule has 2 rings (SSSR count). The Morgan fingerprint density at radius 2 is 1.46 bits per heavy atom. The average Bonchev–Trinajstić information content (AvgIpc) is 2.60. The molecule has 0 aliphatic rings. The maximum atomic E-state index is 12.2. The Morgan fingerprint density at radius 3 is 2.00 bits per heavy atom. The van der Waals surface area contributed by atoms with Crippen LogP contribution < -0.4 is 14.2 Å². The first-order chi connectivity index (χ1) is 11.5. The summed E-state index contributed by atoms with van der Waals surface area (Å²) in [5, 5.41) is 0. The van der Waals surface area contributed by atoms with E-state index in [4.69, 9.17) is 9.47 Å². The molecule has 0 spiro atoms. The summed E-state index contributed by atoms with van der Waals surface area (Å²) >= 11 is 0. The lowest BCUT2D eigenvalue weighted by Crippen LogP contribution is -2.28. The Bertz CT molecular complexity index is 725. The van der Waals surface area contributed by atoms with Gasteiger partial charge in [0.25, 0.3) is 0 Å². The standard InChI is InChI=1S/C18H23NO4S/c1-3-15-5-11-18(12-6-15)24(20,21)19-13-14-23-17-9-7-16(8-10-17)22-4-2/h5-12,19H,3-4,13-14H2,1-2H3. The number of nitrogens with one attached hydrogen (secondary N) is 1. The van der Waals surface area contributed by atoms with Gasteiger partial charge in [-0.25, -0.2) is 13.1 Å². The van der Waals surface area contributed by atoms with Gasteiger partial charge in [-0.2, -0.15) is 0 Å². The van der Waals surface area contributed by atoms with Gasteiger partial charge in [0.15, 0.2) is 0 Å². The van der Waals surface area contributed by atoms with E-state index in [1.165, 1.54) is 0 Å². The van der Waals surface area contributed by atoms with Crippen LogP contribution in [-0.4, -0.2) is 28.2 Å². The minimum absolute atomic E-state index is 0.199. The maximum Gasteiger partial charge on any atom is 0.240 e. The van der Waals surface area contributed by atoms with Crippen LogP contribution >= 0.6 is 0 Å². The van der Waals surface area contributed by atoms with Crippen molar-refractivity contribution < 1.29 is 17.9 Å². The summed E-state index contributed by atoms with van der Waals surface area (Å²) in [5.74, 6) is 1.45. The van der Waals surface area contributed by atoms with E-state index in [0.29, 0.717) is 12.4 Å². The van der Waals surface area contributed by atoms with Crippen molar-refractivity contribution in [2.75, 3.05) is 19.8 Å².